The molecule has 0 aliphatic carbocycles. The van der Waals surface area contributed by atoms with Gasteiger partial charge in [-0.05, 0) is 95.3 Å². The van der Waals surface area contributed by atoms with Gasteiger partial charge in [0.25, 0.3) is 0 Å². The van der Waals surface area contributed by atoms with E-state index < -0.39 is 0 Å². The Morgan fingerprint density at radius 2 is 0.758 bits per heavy atom. The predicted octanol–water partition coefficient (Wildman–Crippen LogP) is 10.5. The second-order valence-electron chi connectivity index (χ2n) is 9.78. The summed E-state index contributed by atoms with van der Waals surface area (Å²) in [5, 5.41) is 11.3. The molecule has 0 aliphatic rings. The largest absolute Gasteiger partial charge is 0.393 e. The van der Waals surface area contributed by atoms with Crippen molar-refractivity contribution in [3.05, 3.63) is 48.6 Å². The maximum Gasteiger partial charge on any atom is 0.0571 e. The van der Waals surface area contributed by atoms with Crippen molar-refractivity contribution in [1.82, 2.24) is 0 Å². The lowest BCUT2D eigenvalue weighted by Crippen LogP contribution is -2.24. The van der Waals surface area contributed by atoms with Crippen LogP contribution in [0.5, 0.6) is 0 Å². The van der Waals surface area contributed by atoms with E-state index in [0.717, 1.165) is 44.9 Å². The maximum absolute atomic E-state index is 11.3. The van der Waals surface area contributed by atoms with Crippen LogP contribution in [0.1, 0.15) is 137 Å². The van der Waals surface area contributed by atoms with Gasteiger partial charge < -0.3 is 5.11 Å². The molecule has 1 heteroatoms. The van der Waals surface area contributed by atoms with Crippen molar-refractivity contribution in [2.24, 2.45) is 11.8 Å². The number of aliphatic hydroxyl groups excluding tert-OH is 1. The van der Waals surface area contributed by atoms with Gasteiger partial charge in [0.05, 0.1) is 6.10 Å². The van der Waals surface area contributed by atoms with Crippen molar-refractivity contribution in [2.75, 3.05) is 0 Å². The number of allylic oxidation sites excluding steroid dienone is 8. The van der Waals surface area contributed by atoms with Crippen LogP contribution in [0, 0.1) is 11.8 Å². The van der Waals surface area contributed by atoms with Crippen molar-refractivity contribution < 1.29 is 5.11 Å². The van der Waals surface area contributed by atoms with E-state index in [-0.39, 0.29) is 6.10 Å². The lowest BCUT2D eigenvalue weighted by molar-refractivity contribution is 0.0707. The van der Waals surface area contributed by atoms with Gasteiger partial charge in [-0.15, -0.1) is 0 Å². The van der Waals surface area contributed by atoms with Gasteiger partial charge in [-0.25, -0.2) is 0 Å². The summed E-state index contributed by atoms with van der Waals surface area (Å²) >= 11 is 0. The molecule has 1 nitrogen and oxygen atoms in total. The molecule has 0 saturated carbocycles. The van der Waals surface area contributed by atoms with Crippen molar-refractivity contribution in [2.45, 2.75) is 143 Å². The molecule has 0 aromatic rings. The Bertz CT molecular complexity index is 459. The first-order valence-corrected chi connectivity index (χ1v) is 14.5. The minimum absolute atomic E-state index is 0.173. The zero-order valence-corrected chi connectivity index (χ0v) is 22.8. The normalized spacial score (nSPS) is 15.4. The van der Waals surface area contributed by atoms with E-state index in [1.54, 1.807) is 0 Å². The first kappa shape index (κ1) is 31.9. The van der Waals surface area contributed by atoms with E-state index in [0.29, 0.717) is 11.8 Å². The van der Waals surface area contributed by atoms with E-state index in [2.05, 4.69) is 76.3 Å². The minimum Gasteiger partial charge on any atom is -0.393 e. The number of hydrogen-bond donors (Lipinski definition) is 1. The molecule has 0 fully saturated rings. The summed E-state index contributed by atoms with van der Waals surface area (Å²) in [6, 6.07) is 0. The highest BCUT2D eigenvalue weighted by Crippen LogP contribution is 2.28. The number of unbranched alkanes of at least 4 members (excludes halogenated alkanes) is 4. The Balaban J connectivity index is 4.92. The van der Waals surface area contributed by atoms with Gasteiger partial charge in [0.15, 0.2) is 0 Å². The van der Waals surface area contributed by atoms with Gasteiger partial charge in [0.2, 0.25) is 0 Å². The van der Waals surface area contributed by atoms with Gasteiger partial charge in [-0.1, -0.05) is 102 Å². The summed E-state index contributed by atoms with van der Waals surface area (Å²) in [5.41, 5.74) is 0. The lowest BCUT2D eigenvalue weighted by Gasteiger charge is -2.26. The Hall–Kier alpha value is -1.08. The van der Waals surface area contributed by atoms with Crippen LogP contribution in [0.15, 0.2) is 48.6 Å². The molecule has 0 radical (unpaired) electrons. The average Bonchev–Trinajstić information content (AvgIpc) is 2.81. The first-order chi connectivity index (χ1) is 16.2. The van der Waals surface area contributed by atoms with Crippen molar-refractivity contribution in [3.63, 3.8) is 0 Å². The standard InChI is InChI=1S/C32H58O/c1-5-9-13-17-21-25-30(26-22-18-14-10-6-2)29-32(33)31(27-23-19-15-11-7-3)28-24-20-16-12-8-4/h13-20,30-33H,5-12,21-29H2,1-4H3. The van der Waals surface area contributed by atoms with Crippen molar-refractivity contribution >= 4 is 0 Å². The second kappa shape index (κ2) is 25.5. The Labute approximate surface area is 208 Å². The van der Waals surface area contributed by atoms with E-state index in [1.807, 2.05) is 0 Å². The van der Waals surface area contributed by atoms with Crippen molar-refractivity contribution in [3.8, 4) is 0 Å². The molecule has 0 heterocycles. The highest BCUT2D eigenvalue weighted by Gasteiger charge is 2.22. The van der Waals surface area contributed by atoms with E-state index in [1.165, 1.54) is 64.2 Å². The van der Waals surface area contributed by atoms with Gasteiger partial charge in [0, 0.05) is 0 Å². The van der Waals surface area contributed by atoms with Gasteiger partial charge in [-0.2, -0.15) is 0 Å². The molecule has 1 unspecified atom stereocenters. The monoisotopic (exact) mass is 458 g/mol. The summed E-state index contributed by atoms with van der Waals surface area (Å²) in [4.78, 5) is 0. The fraction of sp³-hybridized carbons (Fsp3) is 0.750. The number of aliphatic hydroxyl groups is 1. The number of hydrogen-bond acceptors (Lipinski definition) is 1. The Morgan fingerprint density at radius 3 is 1.09 bits per heavy atom. The lowest BCUT2D eigenvalue weighted by atomic mass is 9.83. The third kappa shape index (κ3) is 21.2. The fourth-order valence-corrected chi connectivity index (χ4v) is 4.34. The third-order valence-electron chi connectivity index (χ3n) is 6.50. The molecular weight excluding hydrogens is 400 g/mol. The summed E-state index contributed by atoms with van der Waals surface area (Å²) in [5.74, 6) is 1.03. The van der Waals surface area contributed by atoms with Gasteiger partial charge in [0.1, 0.15) is 0 Å². The quantitative estimate of drug-likeness (QED) is 0.151. The van der Waals surface area contributed by atoms with Crippen LogP contribution in [0.25, 0.3) is 0 Å². The third-order valence-corrected chi connectivity index (χ3v) is 6.50. The summed E-state index contributed by atoms with van der Waals surface area (Å²) < 4.78 is 0. The molecule has 0 aromatic carbocycles. The van der Waals surface area contributed by atoms with E-state index >= 15 is 0 Å². The SMILES string of the molecule is CCCC=CCCC(CCC=CCCC)CC(O)C(CCC=CCCC)CCC=CCCC. The molecular formula is C32H58O. The Kier molecular flexibility index (Phi) is 24.7. The van der Waals surface area contributed by atoms with Crippen LogP contribution in [0.2, 0.25) is 0 Å². The fourth-order valence-electron chi connectivity index (χ4n) is 4.34. The molecule has 0 saturated heterocycles. The average molecular weight is 459 g/mol. The zero-order chi connectivity index (χ0) is 24.4. The molecule has 0 rings (SSSR count). The van der Waals surface area contributed by atoms with Crippen molar-refractivity contribution in [1.29, 1.82) is 0 Å². The molecule has 0 aromatic heterocycles. The molecule has 0 bridgehead atoms. The molecule has 0 amide bonds. The van der Waals surface area contributed by atoms with E-state index in [4.69, 9.17) is 0 Å². The van der Waals surface area contributed by atoms with Crippen LogP contribution in [-0.2, 0) is 0 Å². The van der Waals surface area contributed by atoms with Crippen LogP contribution < -0.4 is 0 Å². The molecule has 0 spiro atoms. The molecule has 192 valence electrons. The van der Waals surface area contributed by atoms with Crippen LogP contribution in [0.4, 0.5) is 0 Å². The van der Waals surface area contributed by atoms with Crippen LogP contribution >= 0.6 is 0 Å². The molecule has 0 aliphatic heterocycles. The summed E-state index contributed by atoms with van der Waals surface area (Å²) in [6.07, 6.45) is 38.3. The minimum atomic E-state index is -0.173. The maximum atomic E-state index is 11.3. The Morgan fingerprint density at radius 1 is 0.455 bits per heavy atom. The highest BCUT2D eigenvalue weighted by molar-refractivity contribution is 4.88. The summed E-state index contributed by atoms with van der Waals surface area (Å²) in [6.45, 7) is 8.94. The highest BCUT2D eigenvalue weighted by atomic mass is 16.3. The molecule has 33 heavy (non-hydrogen) atoms. The van der Waals surface area contributed by atoms with Crippen LogP contribution in [0.3, 0.4) is 0 Å². The van der Waals surface area contributed by atoms with Gasteiger partial charge in [-0.3, -0.25) is 0 Å². The van der Waals surface area contributed by atoms with Gasteiger partial charge >= 0.3 is 0 Å². The first-order valence-electron chi connectivity index (χ1n) is 14.5. The van der Waals surface area contributed by atoms with E-state index in [9.17, 15) is 5.11 Å². The molecule has 1 N–H and O–H groups in total. The second-order valence-corrected chi connectivity index (χ2v) is 9.78. The molecule has 1 atom stereocenters. The smallest absolute Gasteiger partial charge is 0.0571 e. The zero-order valence-electron chi connectivity index (χ0n) is 22.8. The topological polar surface area (TPSA) is 20.2 Å². The van der Waals surface area contributed by atoms with Crippen LogP contribution in [-0.4, -0.2) is 11.2 Å². The predicted molar refractivity (Wildman–Crippen MR) is 151 cm³/mol. The summed E-state index contributed by atoms with van der Waals surface area (Å²) in [7, 11) is 0. The number of rotatable bonds is 23.